The van der Waals surface area contributed by atoms with Crippen molar-refractivity contribution in [2.75, 3.05) is 4.72 Å². The lowest BCUT2D eigenvalue weighted by molar-refractivity contribution is 0.0696. The molecule has 0 bridgehead atoms. The maximum Gasteiger partial charge on any atom is 0.337 e. The molecule has 1 aromatic heterocycles. The highest BCUT2D eigenvalue weighted by molar-refractivity contribution is 7.92. The molecule has 0 radical (unpaired) electrons. The van der Waals surface area contributed by atoms with E-state index < -0.39 is 16.0 Å². The molecule has 8 heteroatoms. The first-order valence-corrected chi connectivity index (χ1v) is 7.64. The summed E-state index contributed by atoms with van der Waals surface area (Å²) in [5, 5.41) is 9.06. The largest absolute Gasteiger partial charge is 0.478 e. The van der Waals surface area contributed by atoms with E-state index in [1.165, 1.54) is 18.2 Å². The van der Waals surface area contributed by atoms with Gasteiger partial charge in [0.25, 0.3) is 10.0 Å². The fraction of sp³-hybridized carbons (Fsp3) is 0.0769. The van der Waals surface area contributed by atoms with Gasteiger partial charge in [0, 0.05) is 11.2 Å². The highest BCUT2D eigenvalue weighted by Gasteiger charge is 2.18. The molecule has 0 spiro atoms. The molecule has 0 unspecified atom stereocenters. The molecular formula is C13H11ClN2O4S. The van der Waals surface area contributed by atoms with Gasteiger partial charge in [-0.05, 0) is 36.8 Å². The molecular weight excluding hydrogens is 316 g/mol. The van der Waals surface area contributed by atoms with Gasteiger partial charge in [-0.2, -0.15) is 0 Å². The van der Waals surface area contributed by atoms with E-state index in [4.69, 9.17) is 16.7 Å². The summed E-state index contributed by atoms with van der Waals surface area (Å²) in [7, 11) is -3.84. The quantitative estimate of drug-likeness (QED) is 0.900. The summed E-state index contributed by atoms with van der Waals surface area (Å²) in [5.74, 6) is -1.11. The Hall–Kier alpha value is -2.12. The highest BCUT2D eigenvalue weighted by atomic mass is 35.5. The normalized spacial score (nSPS) is 11.1. The number of aromatic carboxylic acids is 1. The van der Waals surface area contributed by atoms with Crippen LogP contribution in [0.15, 0.2) is 41.4 Å². The Kier molecular flexibility index (Phi) is 4.15. The number of halogens is 1. The van der Waals surface area contributed by atoms with Crippen LogP contribution in [0.5, 0.6) is 0 Å². The Morgan fingerprint density at radius 1 is 1.29 bits per heavy atom. The van der Waals surface area contributed by atoms with Crippen LogP contribution in [0.1, 0.15) is 15.9 Å². The molecule has 2 aromatic rings. The number of sulfonamides is 1. The molecule has 1 heterocycles. The van der Waals surface area contributed by atoms with Crippen LogP contribution in [0.2, 0.25) is 5.02 Å². The third-order valence-electron chi connectivity index (χ3n) is 2.69. The summed E-state index contributed by atoms with van der Waals surface area (Å²) in [6.07, 6.45) is 1.07. The molecule has 0 aliphatic carbocycles. The van der Waals surface area contributed by atoms with Gasteiger partial charge < -0.3 is 5.11 Å². The lowest BCUT2D eigenvalue weighted by atomic mass is 10.2. The second-order valence-corrected chi connectivity index (χ2v) is 6.34. The van der Waals surface area contributed by atoms with Crippen LogP contribution in [0.4, 0.5) is 5.82 Å². The number of pyridine rings is 1. The summed E-state index contributed by atoms with van der Waals surface area (Å²) in [5.41, 5.74) is 0.506. The van der Waals surface area contributed by atoms with Crippen molar-refractivity contribution in [1.29, 1.82) is 0 Å². The minimum Gasteiger partial charge on any atom is -0.478 e. The van der Waals surface area contributed by atoms with E-state index in [1.807, 2.05) is 0 Å². The van der Waals surface area contributed by atoms with Gasteiger partial charge >= 0.3 is 5.97 Å². The lowest BCUT2D eigenvalue weighted by Gasteiger charge is -2.10. The predicted octanol–water partition coefficient (Wildman–Crippen LogP) is 2.54. The van der Waals surface area contributed by atoms with Crippen molar-refractivity contribution in [1.82, 2.24) is 4.98 Å². The molecule has 110 valence electrons. The SMILES string of the molecule is Cc1ccc(Cl)cc1S(=O)(=O)Nc1ccc(C(=O)O)cn1. The molecule has 0 atom stereocenters. The Morgan fingerprint density at radius 3 is 2.57 bits per heavy atom. The number of benzene rings is 1. The standard InChI is InChI=1S/C13H11ClN2O4S/c1-8-2-4-10(14)6-11(8)21(19,20)16-12-5-3-9(7-15-12)13(17)18/h2-7H,1H3,(H,15,16)(H,17,18). The summed E-state index contributed by atoms with van der Waals surface area (Å²) in [4.78, 5) is 14.5. The smallest absolute Gasteiger partial charge is 0.337 e. The van der Waals surface area contributed by atoms with Gasteiger partial charge in [-0.3, -0.25) is 4.72 Å². The molecule has 0 aliphatic rings. The topological polar surface area (TPSA) is 96.4 Å². The molecule has 0 saturated carbocycles. The van der Waals surface area contributed by atoms with Gasteiger partial charge in [-0.1, -0.05) is 17.7 Å². The minimum absolute atomic E-state index is 0.0272. The average molecular weight is 327 g/mol. The summed E-state index contributed by atoms with van der Waals surface area (Å²) in [6.45, 7) is 1.64. The molecule has 0 aliphatic heterocycles. The first kappa shape index (κ1) is 15.3. The van der Waals surface area contributed by atoms with Crippen molar-refractivity contribution in [3.8, 4) is 0 Å². The van der Waals surface area contributed by atoms with Crippen LogP contribution >= 0.6 is 11.6 Å². The molecule has 21 heavy (non-hydrogen) atoms. The van der Waals surface area contributed by atoms with Crippen molar-refractivity contribution in [3.05, 3.63) is 52.7 Å². The van der Waals surface area contributed by atoms with Crippen molar-refractivity contribution in [3.63, 3.8) is 0 Å². The van der Waals surface area contributed by atoms with E-state index in [9.17, 15) is 13.2 Å². The second kappa shape index (κ2) is 5.71. The van der Waals surface area contributed by atoms with Crippen LogP contribution in [-0.2, 0) is 10.0 Å². The fourth-order valence-corrected chi connectivity index (χ4v) is 3.15. The average Bonchev–Trinajstić information content (AvgIpc) is 2.41. The van der Waals surface area contributed by atoms with E-state index in [-0.39, 0.29) is 16.3 Å². The molecule has 0 fully saturated rings. The Labute approximate surface area is 126 Å². The maximum atomic E-state index is 12.3. The van der Waals surface area contributed by atoms with Crippen LogP contribution in [0, 0.1) is 6.92 Å². The molecule has 2 N–H and O–H groups in total. The van der Waals surface area contributed by atoms with Crippen molar-refractivity contribution in [2.24, 2.45) is 0 Å². The van der Waals surface area contributed by atoms with Crippen molar-refractivity contribution in [2.45, 2.75) is 11.8 Å². The van der Waals surface area contributed by atoms with Crippen LogP contribution in [0.3, 0.4) is 0 Å². The monoisotopic (exact) mass is 326 g/mol. The third-order valence-corrected chi connectivity index (χ3v) is 4.42. The van der Waals surface area contributed by atoms with E-state index in [0.29, 0.717) is 10.6 Å². The Balaban J connectivity index is 2.33. The Bertz CT molecular complexity index is 788. The van der Waals surface area contributed by atoms with Crippen molar-refractivity contribution < 1.29 is 18.3 Å². The summed E-state index contributed by atoms with van der Waals surface area (Å²) >= 11 is 5.81. The van der Waals surface area contributed by atoms with E-state index in [0.717, 1.165) is 6.20 Å². The molecule has 1 aromatic carbocycles. The number of anilines is 1. The molecule has 0 saturated heterocycles. The van der Waals surface area contributed by atoms with Gasteiger partial charge in [0.05, 0.1) is 10.5 Å². The first-order valence-electron chi connectivity index (χ1n) is 5.78. The van der Waals surface area contributed by atoms with Crippen LogP contribution in [0.25, 0.3) is 0 Å². The zero-order valence-electron chi connectivity index (χ0n) is 10.9. The third kappa shape index (κ3) is 3.50. The van der Waals surface area contributed by atoms with E-state index in [1.54, 1.807) is 19.1 Å². The predicted molar refractivity (Wildman–Crippen MR) is 78.2 cm³/mol. The number of carbonyl (C=O) groups is 1. The number of rotatable bonds is 4. The number of carboxylic acids is 1. The van der Waals surface area contributed by atoms with Crippen LogP contribution < -0.4 is 4.72 Å². The second-order valence-electron chi connectivity index (χ2n) is 4.25. The van der Waals surface area contributed by atoms with E-state index >= 15 is 0 Å². The Morgan fingerprint density at radius 2 is 2.00 bits per heavy atom. The van der Waals surface area contributed by atoms with Gasteiger partial charge in [-0.25, -0.2) is 18.2 Å². The number of hydrogen-bond acceptors (Lipinski definition) is 4. The van der Waals surface area contributed by atoms with Gasteiger partial charge in [-0.15, -0.1) is 0 Å². The summed E-state index contributed by atoms with van der Waals surface area (Å²) in [6, 6.07) is 7.07. The molecule has 2 rings (SSSR count). The van der Waals surface area contributed by atoms with Gasteiger partial charge in [0.15, 0.2) is 0 Å². The van der Waals surface area contributed by atoms with Gasteiger partial charge in [0.2, 0.25) is 0 Å². The first-order chi connectivity index (χ1) is 9.79. The summed E-state index contributed by atoms with van der Waals surface area (Å²) < 4.78 is 26.8. The minimum atomic E-state index is -3.84. The number of nitrogens with zero attached hydrogens (tertiary/aromatic N) is 1. The highest BCUT2D eigenvalue weighted by Crippen LogP contribution is 2.22. The number of nitrogens with one attached hydrogen (secondary N) is 1. The number of aryl methyl sites for hydroxylation is 1. The zero-order valence-corrected chi connectivity index (χ0v) is 12.4. The number of carboxylic acid groups (broad SMARTS) is 1. The van der Waals surface area contributed by atoms with Gasteiger partial charge in [0.1, 0.15) is 5.82 Å². The molecule has 6 nitrogen and oxygen atoms in total. The van der Waals surface area contributed by atoms with E-state index in [2.05, 4.69) is 9.71 Å². The fourth-order valence-electron chi connectivity index (χ4n) is 1.64. The molecule has 0 amide bonds. The lowest BCUT2D eigenvalue weighted by Crippen LogP contribution is -2.15. The zero-order chi connectivity index (χ0) is 15.6. The van der Waals surface area contributed by atoms with Crippen molar-refractivity contribution >= 4 is 33.4 Å². The van der Waals surface area contributed by atoms with Crippen LogP contribution in [-0.4, -0.2) is 24.5 Å². The number of aromatic nitrogens is 1. The maximum absolute atomic E-state index is 12.3. The number of hydrogen-bond donors (Lipinski definition) is 2.